The fourth-order valence-corrected chi connectivity index (χ4v) is 5.97. The van der Waals surface area contributed by atoms with Gasteiger partial charge in [0.05, 0.1) is 17.4 Å². The Balaban J connectivity index is 2.20. The number of rotatable bonds is 9. The minimum absolute atomic E-state index is 0.0732. The maximum absolute atomic E-state index is 13.5. The van der Waals surface area contributed by atoms with Gasteiger partial charge in [-0.15, -0.1) is 0 Å². The van der Waals surface area contributed by atoms with E-state index in [-0.39, 0.29) is 28.9 Å². The van der Waals surface area contributed by atoms with Gasteiger partial charge in [-0.2, -0.15) is 5.26 Å². The van der Waals surface area contributed by atoms with Crippen molar-refractivity contribution in [2.45, 2.75) is 66.3 Å². The number of amides is 1. The molecule has 0 radical (unpaired) electrons. The van der Waals surface area contributed by atoms with Crippen molar-refractivity contribution in [3.8, 4) is 6.07 Å². The number of hydrogen-bond donors (Lipinski definition) is 0. The van der Waals surface area contributed by atoms with Gasteiger partial charge < -0.3 is 9.64 Å². The predicted octanol–water partition coefficient (Wildman–Crippen LogP) is 4.22. The molecule has 1 aromatic heterocycles. The summed E-state index contributed by atoms with van der Waals surface area (Å²) in [7, 11) is 0. The molecule has 0 N–H and O–H groups in total. The molecule has 2 fully saturated rings. The molecule has 0 aromatic carbocycles. The molecular weight excluding hydrogens is 496 g/mol. The molecule has 3 heterocycles. The normalized spacial score (nSPS) is 19.2. The predicted molar refractivity (Wildman–Crippen MR) is 147 cm³/mol. The van der Waals surface area contributed by atoms with Crippen LogP contribution in [0.2, 0.25) is 0 Å². The Morgan fingerprint density at radius 1 is 1.25 bits per heavy atom. The second-order valence-corrected chi connectivity index (χ2v) is 10.7. The fourth-order valence-electron chi connectivity index (χ4n) is 4.68. The van der Waals surface area contributed by atoms with Crippen LogP contribution in [0.3, 0.4) is 0 Å². The first-order valence-electron chi connectivity index (χ1n) is 12.6. The lowest BCUT2D eigenvalue weighted by Gasteiger charge is -2.36. The van der Waals surface area contributed by atoms with Crippen LogP contribution in [0.25, 0.3) is 6.08 Å². The van der Waals surface area contributed by atoms with E-state index in [0.717, 1.165) is 32.1 Å². The van der Waals surface area contributed by atoms with Crippen molar-refractivity contribution in [1.29, 1.82) is 5.26 Å². The summed E-state index contributed by atoms with van der Waals surface area (Å²) in [6, 6.07) is 2.09. The Morgan fingerprint density at radius 2 is 2.00 bits per heavy atom. The largest absolute Gasteiger partial charge is 0.466 e. The molecule has 36 heavy (non-hydrogen) atoms. The fraction of sp³-hybridized carbons (Fsp3) is 0.577. The number of carbonyl (C=O) groups excluding carboxylic acids is 2. The first kappa shape index (κ1) is 27.9. The highest BCUT2D eigenvalue weighted by Crippen LogP contribution is 2.37. The van der Waals surface area contributed by atoms with Gasteiger partial charge in [0.2, 0.25) is 0 Å². The number of anilines is 1. The third kappa shape index (κ3) is 5.68. The van der Waals surface area contributed by atoms with Crippen molar-refractivity contribution in [1.82, 2.24) is 9.47 Å². The van der Waals surface area contributed by atoms with E-state index in [1.165, 1.54) is 11.8 Å². The number of thioether (sulfide) groups is 1. The summed E-state index contributed by atoms with van der Waals surface area (Å²) in [5, 5.41) is 9.86. The van der Waals surface area contributed by atoms with Gasteiger partial charge in [-0.1, -0.05) is 44.2 Å². The second kappa shape index (κ2) is 12.5. The SMILES string of the molecule is CCCCn1c(N2CCCC(C(=O)OCC)C2)c(C=C2SC(=S)N(CCC)C2=O)c(C)c(C#N)c1=O. The van der Waals surface area contributed by atoms with Crippen LogP contribution in [0.1, 0.15) is 69.6 Å². The highest BCUT2D eigenvalue weighted by atomic mass is 32.2. The van der Waals surface area contributed by atoms with E-state index in [2.05, 4.69) is 11.0 Å². The van der Waals surface area contributed by atoms with Crippen molar-refractivity contribution >= 4 is 52.1 Å². The van der Waals surface area contributed by atoms with Crippen LogP contribution in [0, 0.1) is 24.2 Å². The zero-order valence-corrected chi connectivity index (χ0v) is 23.1. The number of aromatic nitrogens is 1. The smallest absolute Gasteiger partial charge is 0.310 e. The summed E-state index contributed by atoms with van der Waals surface area (Å²) < 4.78 is 7.45. The summed E-state index contributed by atoms with van der Waals surface area (Å²) in [4.78, 5) is 43.3. The molecule has 3 rings (SSSR count). The molecule has 0 bridgehead atoms. The minimum atomic E-state index is -0.340. The van der Waals surface area contributed by atoms with Crippen LogP contribution < -0.4 is 10.5 Å². The van der Waals surface area contributed by atoms with E-state index in [4.69, 9.17) is 17.0 Å². The van der Waals surface area contributed by atoms with E-state index >= 15 is 0 Å². The zero-order valence-electron chi connectivity index (χ0n) is 21.5. The maximum Gasteiger partial charge on any atom is 0.310 e. The number of carbonyl (C=O) groups is 2. The highest BCUT2D eigenvalue weighted by molar-refractivity contribution is 8.26. The van der Waals surface area contributed by atoms with E-state index in [9.17, 15) is 19.6 Å². The Hall–Kier alpha value is -2.64. The standard InChI is InChI=1S/C26H34N4O4S2/c1-5-8-13-29-22(28-12-9-10-18(16-28)25(33)34-7-3)19(17(4)20(15-27)23(29)31)14-21-24(32)30(11-6-2)26(35)36-21/h14,18H,5-13,16H2,1-4H3. The van der Waals surface area contributed by atoms with Gasteiger partial charge in [0, 0.05) is 31.7 Å². The van der Waals surface area contributed by atoms with Gasteiger partial charge in [-0.25, -0.2) is 0 Å². The number of nitriles is 1. The summed E-state index contributed by atoms with van der Waals surface area (Å²) >= 11 is 6.69. The lowest BCUT2D eigenvalue weighted by atomic mass is 9.96. The molecule has 2 aliphatic rings. The summed E-state index contributed by atoms with van der Waals surface area (Å²) in [6.45, 7) is 9.94. The van der Waals surface area contributed by atoms with Crippen molar-refractivity contribution in [2.75, 3.05) is 31.1 Å². The molecule has 2 aliphatic heterocycles. The van der Waals surface area contributed by atoms with Gasteiger partial charge in [-0.05, 0) is 51.2 Å². The van der Waals surface area contributed by atoms with Gasteiger partial charge in [0.25, 0.3) is 11.5 Å². The van der Waals surface area contributed by atoms with Gasteiger partial charge in [-0.3, -0.25) is 23.9 Å². The van der Waals surface area contributed by atoms with E-state index in [1.807, 2.05) is 13.8 Å². The van der Waals surface area contributed by atoms with Crippen LogP contribution in [0.15, 0.2) is 9.70 Å². The number of esters is 1. The van der Waals surface area contributed by atoms with E-state index in [1.54, 1.807) is 29.4 Å². The first-order valence-corrected chi connectivity index (χ1v) is 13.9. The summed E-state index contributed by atoms with van der Waals surface area (Å²) in [5.74, 6) is -0.0539. The average molecular weight is 531 g/mol. The minimum Gasteiger partial charge on any atom is -0.466 e. The van der Waals surface area contributed by atoms with E-state index in [0.29, 0.717) is 59.0 Å². The van der Waals surface area contributed by atoms with Crippen LogP contribution in [-0.4, -0.2) is 51.9 Å². The Kier molecular flexibility index (Phi) is 9.74. The maximum atomic E-state index is 13.5. The van der Waals surface area contributed by atoms with Crippen LogP contribution >= 0.6 is 24.0 Å². The average Bonchev–Trinajstić information content (AvgIpc) is 3.13. The molecule has 0 saturated carbocycles. The lowest BCUT2D eigenvalue weighted by Crippen LogP contribution is -2.43. The number of ether oxygens (including phenoxy) is 1. The molecule has 1 amide bonds. The van der Waals surface area contributed by atoms with Gasteiger partial charge >= 0.3 is 5.97 Å². The number of thiocarbonyl (C=S) groups is 1. The molecule has 194 valence electrons. The Morgan fingerprint density at radius 3 is 2.64 bits per heavy atom. The third-order valence-corrected chi connectivity index (χ3v) is 7.90. The van der Waals surface area contributed by atoms with Gasteiger partial charge in [0.1, 0.15) is 21.8 Å². The van der Waals surface area contributed by atoms with Crippen LogP contribution in [0.5, 0.6) is 0 Å². The number of piperidine rings is 1. The molecule has 8 nitrogen and oxygen atoms in total. The second-order valence-electron chi connectivity index (χ2n) is 9.03. The molecule has 0 spiro atoms. The molecule has 2 saturated heterocycles. The number of hydrogen-bond acceptors (Lipinski definition) is 8. The Labute approximate surface area is 222 Å². The molecule has 1 aromatic rings. The number of unbranched alkanes of at least 4 members (excludes halogenated alkanes) is 1. The summed E-state index contributed by atoms with van der Waals surface area (Å²) in [6.07, 6.45) is 5.67. The Bertz CT molecular complexity index is 1170. The van der Waals surface area contributed by atoms with Crippen molar-refractivity contribution in [3.05, 3.63) is 31.9 Å². The quantitative estimate of drug-likeness (QED) is 0.266. The summed E-state index contributed by atoms with van der Waals surface area (Å²) in [5.41, 5.74) is 0.921. The molecule has 1 atom stereocenters. The van der Waals surface area contributed by atoms with Crippen LogP contribution in [0.4, 0.5) is 5.82 Å². The van der Waals surface area contributed by atoms with Crippen molar-refractivity contribution in [3.63, 3.8) is 0 Å². The third-order valence-electron chi connectivity index (χ3n) is 6.52. The van der Waals surface area contributed by atoms with Crippen LogP contribution in [-0.2, 0) is 20.9 Å². The van der Waals surface area contributed by atoms with Crippen molar-refractivity contribution < 1.29 is 14.3 Å². The monoisotopic (exact) mass is 530 g/mol. The lowest BCUT2D eigenvalue weighted by molar-refractivity contribution is -0.148. The molecular formula is C26H34N4O4S2. The van der Waals surface area contributed by atoms with E-state index < -0.39 is 0 Å². The molecule has 0 aliphatic carbocycles. The van der Waals surface area contributed by atoms with Gasteiger partial charge in [0.15, 0.2) is 0 Å². The first-order chi connectivity index (χ1) is 17.3. The molecule has 1 unspecified atom stereocenters. The highest BCUT2D eigenvalue weighted by Gasteiger charge is 2.34. The zero-order chi connectivity index (χ0) is 26.4. The molecule has 10 heteroatoms. The van der Waals surface area contributed by atoms with Crippen molar-refractivity contribution in [2.24, 2.45) is 5.92 Å². The topological polar surface area (TPSA) is 95.6 Å². The number of nitrogens with zero attached hydrogens (tertiary/aromatic N) is 4. The number of pyridine rings is 1.